The van der Waals surface area contributed by atoms with Gasteiger partial charge in [0, 0.05) is 11.3 Å². The van der Waals surface area contributed by atoms with Crippen LogP contribution in [0.3, 0.4) is 0 Å². The topological polar surface area (TPSA) is 55.4 Å². The number of benzene rings is 1. The van der Waals surface area contributed by atoms with Crippen LogP contribution in [-0.2, 0) is 22.4 Å². The maximum absolute atomic E-state index is 12.3. The summed E-state index contributed by atoms with van der Waals surface area (Å²) in [5, 5.41) is 3.56. The number of amides is 1. The van der Waals surface area contributed by atoms with E-state index in [1.807, 2.05) is 13.0 Å². The number of hydrogen-bond donors (Lipinski definition) is 1. The summed E-state index contributed by atoms with van der Waals surface area (Å²) in [6, 6.07) is 10.5. The lowest BCUT2D eigenvalue weighted by molar-refractivity contribution is -0.116. The van der Waals surface area contributed by atoms with Gasteiger partial charge in [0.1, 0.15) is 5.00 Å². The quantitative estimate of drug-likeness (QED) is 0.799. The monoisotopic (exact) mass is 357 g/mol. The van der Waals surface area contributed by atoms with Crippen molar-refractivity contribution in [3.8, 4) is 0 Å². The van der Waals surface area contributed by atoms with Crippen molar-refractivity contribution in [2.45, 2.75) is 44.9 Å². The molecule has 0 aliphatic heterocycles. The zero-order chi connectivity index (χ0) is 17.8. The molecule has 1 unspecified atom stereocenters. The Kier molecular flexibility index (Phi) is 5.53. The molecule has 2 aromatic rings. The van der Waals surface area contributed by atoms with Crippen LogP contribution in [0.15, 0.2) is 30.3 Å². The summed E-state index contributed by atoms with van der Waals surface area (Å²) in [7, 11) is 1.39. The van der Waals surface area contributed by atoms with E-state index in [1.165, 1.54) is 28.9 Å². The molecule has 3 rings (SSSR count). The van der Waals surface area contributed by atoms with Crippen molar-refractivity contribution in [1.29, 1.82) is 0 Å². The van der Waals surface area contributed by atoms with E-state index in [1.54, 1.807) is 0 Å². The molecule has 132 valence electrons. The lowest BCUT2D eigenvalue weighted by Gasteiger charge is -2.22. The minimum absolute atomic E-state index is 0.0501. The zero-order valence-corrected chi connectivity index (χ0v) is 15.4. The number of hydrogen-bond acceptors (Lipinski definition) is 4. The summed E-state index contributed by atoms with van der Waals surface area (Å²) in [5.41, 5.74) is 2.94. The Balaban J connectivity index is 1.91. The van der Waals surface area contributed by atoms with Crippen LogP contribution in [0, 0.1) is 0 Å². The Bertz CT molecular complexity index is 767. The van der Waals surface area contributed by atoms with Crippen LogP contribution in [0.2, 0.25) is 0 Å². The average Bonchev–Trinajstić information content (AvgIpc) is 2.98. The minimum Gasteiger partial charge on any atom is -0.465 e. The molecule has 4 nitrogen and oxygen atoms in total. The summed E-state index contributed by atoms with van der Waals surface area (Å²) >= 11 is 1.53. The van der Waals surface area contributed by atoms with Gasteiger partial charge in [-0.25, -0.2) is 4.79 Å². The van der Waals surface area contributed by atoms with E-state index in [-0.39, 0.29) is 11.9 Å². The number of anilines is 1. The van der Waals surface area contributed by atoms with Gasteiger partial charge in [-0.15, -0.1) is 11.3 Å². The Hall–Kier alpha value is -2.14. The third-order valence-electron chi connectivity index (χ3n) is 4.66. The second-order valence-electron chi connectivity index (χ2n) is 6.35. The van der Waals surface area contributed by atoms with E-state index in [9.17, 15) is 9.59 Å². The summed E-state index contributed by atoms with van der Waals surface area (Å²) in [5.74, 6) is 0.0466. The van der Waals surface area contributed by atoms with Crippen molar-refractivity contribution >= 4 is 28.2 Å². The van der Waals surface area contributed by atoms with Crippen LogP contribution in [-0.4, -0.2) is 19.0 Å². The van der Waals surface area contributed by atoms with E-state index in [2.05, 4.69) is 29.6 Å². The van der Waals surface area contributed by atoms with Crippen molar-refractivity contribution in [3.05, 3.63) is 51.9 Å². The van der Waals surface area contributed by atoms with Gasteiger partial charge >= 0.3 is 5.97 Å². The number of fused-ring (bicyclic) bond motifs is 1. The first-order valence-electron chi connectivity index (χ1n) is 8.71. The molecule has 1 aliphatic carbocycles. The van der Waals surface area contributed by atoms with E-state index >= 15 is 0 Å². The van der Waals surface area contributed by atoms with Gasteiger partial charge in [-0.05, 0) is 42.7 Å². The average molecular weight is 357 g/mol. The molecule has 25 heavy (non-hydrogen) atoms. The lowest BCUT2D eigenvalue weighted by Crippen LogP contribution is -2.16. The van der Waals surface area contributed by atoms with Gasteiger partial charge in [0.05, 0.1) is 12.7 Å². The number of esters is 1. The number of carbonyl (C=O) groups is 2. The second kappa shape index (κ2) is 7.83. The lowest BCUT2D eigenvalue weighted by atomic mass is 9.83. The molecule has 0 saturated heterocycles. The van der Waals surface area contributed by atoms with Crippen LogP contribution >= 0.6 is 11.3 Å². The summed E-state index contributed by atoms with van der Waals surface area (Å²) in [6.07, 6.45) is 3.97. The van der Waals surface area contributed by atoms with Gasteiger partial charge in [0.25, 0.3) is 0 Å². The fraction of sp³-hybridized carbons (Fsp3) is 0.400. The number of nitrogens with one attached hydrogen (secondary N) is 1. The Labute approximate surface area is 152 Å². The van der Waals surface area contributed by atoms with Gasteiger partial charge in [0.15, 0.2) is 0 Å². The molecule has 1 aromatic heterocycles. The molecule has 1 atom stereocenters. The van der Waals surface area contributed by atoms with E-state index in [4.69, 9.17) is 4.74 Å². The molecule has 0 bridgehead atoms. The number of thiophene rings is 1. The van der Waals surface area contributed by atoms with Crippen LogP contribution < -0.4 is 5.32 Å². The molecule has 0 radical (unpaired) electrons. The molecular formula is C20H23NO3S. The molecule has 5 heteroatoms. The third kappa shape index (κ3) is 3.76. The fourth-order valence-electron chi connectivity index (χ4n) is 3.42. The number of carbonyl (C=O) groups excluding carboxylic acids is 2. The van der Waals surface area contributed by atoms with Gasteiger partial charge < -0.3 is 10.1 Å². The van der Waals surface area contributed by atoms with Crippen LogP contribution in [0.1, 0.15) is 58.5 Å². The Morgan fingerprint density at radius 1 is 1.28 bits per heavy atom. The van der Waals surface area contributed by atoms with Crippen LogP contribution in [0.4, 0.5) is 5.00 Å². The first-order valence-corrected chi connectivity index (χ1v) is 9.53. The highest BCUT2D eigenvalue weighted by Crippen LogP contribution is 2.42. The molecule has 0 spiro atoms. The van der Waals surface area contributed by atoms with Crippen LogP contribution in [0.25, 0.3) is 0 Å². The van der Waals surface area contributed by atoms with Gasteiger partial charge in [0.2, 0.25) is 5.91 Å². The summed E-state index contributed by atoms with van der Waals surface area (Å²) in [6.45, 7) is 1.96. The fourth-order valence-corrected chi connectivity index (χ4v) is 4.75. The van der Waals surface area contributed by atoms with Gasteiger partial charge in [-0.2, -0.15) is 0 Å². The van der Waals surface area contributed by atoms with Gasteiger partial charge in [-0.1, -0.05) is 37.3 Å². The normalized spacial score (nSPS) is 16.2. The maximum Gasteiger partial charge on any atom is 0.341 e. The van der Waals surface area contributed by atoms with Crippen molar-refractivity contribution in [1.82, 2.24) is 0 Å². The van der Waals surface area contributed by atoms with E-state index < -0.39 is 0 Å². The summed E-state index contributed by atoms with van der Waals surface area (Å²) < 4.78 is 4.97. The van der Waals surface area contributed by atoms with Crippen LogP contribution in [0.5, 0.6) is 0 Å². The number of rotatable bonds is 5. The smallest absolute Gasteiger partial charge is 0.341 e. The van der Waals surface area contributed by atoms with Crippen molar-refractivity contribution in [2.24, 2.45) is 0 Å². The Morgan fingerprint density at radius 2 is 2.04 bits per heavy atom. The maximum atomic E-state index is 12.3. The molecule has 1 aliphatic rings. The molecular weight excluding hydrogens is 334 g/mol. The highest BCUT2D eigenvalue weighted by Gasteiger charge is 2.30. The number of ether oxygens (including phenoxy) is 1. The Morgan fingerprint density at radius 3 is 2.72 bits per heavy atom. The predicted molar refractivity (Wildman–Crippen MR) is 100 cm³/mol. The molecule has 1 aromatic carbocycles. The predicted octanol–water partition coefficient (Wildman–Crippen LogP) is 4.55. The zero-order valence-electron chi connectivity index (χ0n) is 14.6. The number of methoxy groups -OCH3 is 1. The second-order valence-corrected chi connectivity index (χ2v) is 7.45. The molecule has 1 N–H and O–H groups in total. The highest BCUT2D eigenvalue weighted by atomic mass is 32.1. The standard InChI is InChI=1S/C20H23NO3S/c1-3-7-17(22)21-19-18(20(23)24-2)15-11-10-14(12-16(15)25-19)13-8-5-4-6-9-13/h4-6,8-9,14H,3,7,10-12H2,1-2H3,(H,21,22). The minimum atomic E-state index is -0.359. The van der Waals surface area contributed by atoms with Crippen molar-refractivity contribution < 1.29 is 14.3 Å². The first kappa shape index (κ1) is 17.7. The molecule has 1 amide bonds. The largest absolute Gasteiger partial charge is 0.465 e. The third-order valence-corrected chi connectivity index (χ3v) is 5.83. The van der Waals surface area contributed by atoms with E-state index in [0.717, 1.165) is 31.2 Å². The first-order chi connectivity index (χ1) is 12.1. The van der Waals surface area contributed by atoms with Crippen molar-refractivity contribution in [3.63, 3.8) is 0 Å². The van der Waals surface area contributed by atoms with E-state index in [0.29, 0.717) is 22.9 Å². The van der Waals surface area contributed by atoms with Gasteiger partial charge in [-0.3, -0.25) is 4.79 Å². The summed E-state index contributed by atoms with van der Waals surface area (Å²) in [4.78, 5) is 25.5. The SMILES string of the molecule is CCCC(=O)Nc1sc2c(c1C(=O)OC)CCC(c1ccccc1)C2. The van der Waals surface area contributed by atoms with Crippen molar-refractivity contribution in [2.75, 3.05) is 12.4 Å². The highest BCUT2D eigenvalue weighted by molar-refractivity contribution is 7.17. The molecule has 0 saturated carbocycles. The molecule has 0 fully saturated rings. The molecule has 1 heterocycles.